The maximum absolute atomic E-state index is 5.63. The number of ether oxygens (including phenoxy) is 1. The number of rotatable bonds is 8. The Labute approximate surface area is 165 Å². The first kappa shape index (κ1) is 21.2. The summed E-state index contributed by atoms with van der Waals surface area (Å²) in [5.41, 5.74) is 1.06. The Kier molecular flexibility index (Phi) is 9.90. The first-order chi connectivity index (χ1) is 11.7. The lowest BCUT2D eigenvalue weighted by atomic mass is 10.2. The fourth-order valence-electron chi connectivity index (χ4n) is 2.17. The molecule has 2 aromatic rings. The Balaban J connectivity index is 0.00000312. The van der Waals surface area contributed by atoms with Gasteiger partial charge in [0.25, 0.3) is 0 Å². The molecule has 1 aromatic carbocycles. The molecule has 1 heterocycles. The number of aryl methyl sites for hydroxylation is 1. The molecule has 0 spiro atoms. The summed E-state index contributed by atoms with van der Waals surface area (Å²) in [4.78, 5) is 8.80. The number of guanidine groups is 1. The minimum Gasteiger partial charge on any atom is -0.494 e. The van der Waals surface area contributed by atoms with Crippen molar-refractivity contribution in [2.45, 2.75) is 33.7 Å². The lowest BCUT2D eigenvalue weighted by Gasteiger charge is -2.12. The fraction of sp³-hybridized carbons (Fsp3) is 0.471. The molecule has 0 aliphatic carbocycles. The topological polar surface area (TPSA) is 84.6 Å². The van der Waals surface area contributed by atoms with Crippen molar-refractivity contribution >= 4 is 29.9 Å². The number of hydrogen-bond acceptors (Lipinski definition) is 5. The molecule has 0 saturated heterocycles. The summed E-state index contributed by atoms with van der Waals surface area (Å²) in [5.74, 6) is 2.90. The molecule has 138 valence electrons. The molecule has 8 heteroatoms. The zero-order chi connectivity index (χ0) is 17.2. The van der Waals surface area contributed by atoms with Gasteiger partial charge in [-0.1, -0.05) is 23.4 Å². The van der Waals surface area contributed by atoms with E-state index in [1.807, 2.05) is 45.0 Å². The summed E-state index contributed by atoms with van der Waals surface area (Å²) in [7, 11) is 0. The maximum atomic E-state index is 5.63. The molecule has 0 bridgehead atoms. The first-order valence-electron chi connectivity index (χ1n) is 8.25. The third-order valence-electron chi connectivity index (χ3n) is 3.23. The van der Waals surface area contributed by atoms with Gasteiger partial charge in [0.15, 0.2) is 11.8 Å². The Hall–Kier alpha value is -1.84. The SMILES string of the molecule is CCNC(=NCc1ccccc1OCC)NCCc1nc(C)no1.I. The van der Waals surface area contributed by atoms with Gasteiger partial charge >= 0.3 is 0 Å². The largest absolute Gasteiger partial charge is 0.494 e. The van der Waals surface area contributed by atoms with Crippen LogP contribution in [-0.4, -0.2) is 35.8 Å². The van der Waals surface area contributed by atoms with E-state index >= 15 is 0 Å². The highest BCUT2D eigenvalue weighted by atomic mass is 127. The van der Waals surface area contributed by atoms with Gasteiger partial charge in [-0.2, -0.15) is 4.98 Å². The summed E-state index contributed by atoms with van der Waals surface area (Å²) in [5, 5.41) is 10.3. The van der Waals surface area contributed by atoms with Crippen molar-refractivity contribution in [1.29, 1.82) is 0 Å². The third kappa shape index (κ3) is 7.29. The number of halogens is 1. The molecule has 7 nitrogen and oxygen atoms in total. The molecule has 1 aromatic heterocycles. The van der Waals surface area contributed by atoms with Crippen LogP contribution in [0.15, 0.2) is 33.8 Å². The van der Waals surface area contributed by atoms with E-state index in [0.717, 1.165) is 23.8 Å². The van der Waals surface area contributed by atoms with Crippen molar-refractivity contribution in [2.24, 2.45) is 4.99 Å². The number of aliphatic imine (C=N–C) groups is 1. The second-order valence-electron chi connectivity index (χ2n) is 5.15. The average Bonchev–Trinajstić information content (AvgIpc) is 2.99. The van der Waals surface area contributed by atoms with Crippen molar-refractivity contribution < 1.29 is 9.26 Å². The number of benzene rings is 1. The zero-order valence-corrected chi connectivity index (χ0v) is 17.2. The minimum absolute atomic E-state index is 0. The van der Waals surface area contributed by atoms with Crippen molar-refractivity contribution in [3.63, 3.8) is 0 Å². The summed E-state index contributed by atoms with van der Waals surface area (Å²) in [6.07, 6.45) is 0.654. The minimum atomic E-state index is 0. The summed E-state index contributed by atoms with van der Waals surface area (Å²) >= 11 is 0. The van der Waals surface area contributed by atoms with Crippen molar-refractivity contribution in [3.05, 3.63) is 41.5 Å². The highest BCUT2D eigenvalue weighted by Gasteiger charge is 2.05. The van der Waals surface area contributed by atoms with Crippen LogP contribution in [0.1, 0.15) is 31.1 Å². The van der Waals surface area contributed by atoms with Crippen LogP contribution < -0.4 is 15.4 Å². The highest BCUT2D eigenvalue weighted by molar-refractivity contribution is 14.0. The molecule has 2 N–H and O–H groups in total. The summed E-state index contributed by atoms with van der Waals surface area (Å²) in [6.45, 7) is 8.46. The smallest absolute Gasteiger partial charge is 0.228 e. The molecule has 25 heavy (non-hydrogen) atoms. The van der Waals surface area contributed by atoms with Gasteiger partial charge in [0.2, 0.25) is 5.89 Å². The number of nitrogens with zero attached hydrogens (tertiary/aromatic N) is 3. The van der Waals surface area contributed by atoms with E-state index in [1.165, 1.54) is 0 Å². The molecule has 0 fully saturated rings. The monoisotopic (exact) mass is 459 g/mol. The van der Waals surface area contributed by atoms with Crippen molar-refractivity contribution in [3.8, 4) is 5.75 Å². The van der Waals surface area contributed by atoms with Crippen LogP contribution in [0.3, 0.4) is 0 Å². The quantitative estimate of drug-likeness (QED) is 0.359. The van der Waals surface area contributed by atoms with Gasteiger partial charge in [0.05, 0.1) is 13.2 Å². The zero-order valence-electron chi connectivity index (χ0n) is 14.9. The molecule has 0 atom stereocenters. The Morgan fingerprint density at radius 3 is 2.72 bits per heavy atom. The average molecular weight is 459 g/mol. The van der Waals surface area contributed by atoms with Crippen LogP contribution >= 0.6 is 24.0 Å². The molecule has 0 aliphatic heterocycles. The summed E-state index contributed by atoms with van der Waals surface area (Å²) in [6, 6.07) is 7.95. The standard InChI is InChI=1S/C17H25N5O2.HI/c1-4-18-17(19-11-10-16-21-13(3)22-24-16)20-12-14-8-6-7-9-15(14)23-5-2;/h6-9H,4-5,10-12H2,1-3H3,(H2,18,19,20);1H. The molecule has 0 radical (unpaired) electrons. The van der Waals surface area contributed by atoms with Crippen LogP contribution in [0.2, 0.25) is 0 Å². The van der Waals surface area contributed by atoms with Crippen LogP contribution in [-0.2, 0) is 13.0 Å². The van der Waals surface area contributed by atoms with Gasteiger partial charge in [-0.3, -0.25) is 0 Å². The Morgan fingerprint density at radius 2 is 2.04 bits per heavy atom. The number of para-hydroxylation sites is 1. The van der Waals surface area contributed by atoms with Gasteiger partial charge in [-0.25, -0.2) is 4.99 Å². The molecule has 2 rings (SSSR count). The maximum Gasteiger partial charge on any atom is 0.228 e. The van der Waals surface area contributed by atoms with E-state index in [1.54, 1.807) is 0 Å². The van der Waals surface area contributed by atoms with Crippen LogP contribution in [0.4, 0.5) is 0 Å². The lowest BCUT2D eigenvalue weighted by molar-refractivity contribution is 0.336. The van der Waals surface area contributed by atoms with E-state index in [0.29, 0.717) is 37.8 Å². The number of hydrogen-bond donors (Lipinski definition) is 2. The van der Waals surface area contributed by atoms with Crippen LogP contribution in [0.25, 0.3) is 0 Å². The molecule has 0 amide bonds. The molecular formula is C17H26IN5O2. The van der Waals surface area contributed by atoms with Gasteiger partial charge < -0.3 is 19.9 Å². The van der Waals surface area contributed by atoms with Crippen molar-refractivity contribution in [1.82, 2.24) is 20.8 Å². The normalized spacial score (nSPS) is 10.9. The predicted octanol–water partition coefficient (Wildman–Crippen LogP) is 2.69. The number of nitrogens with one attached hydrogen (secondary N) is 2. The third-order valence-corrected chi connectivity index (χ3v) is 3.23. The van der Waals surface area contributed by atoms with Crippen LogP contribution in [0.5, 0.6) is 5.75 Å². The van der Waals surface area contributed by atoms with Gasteiger partial charge in [0, 0.05) is 25.1 Å². The van der Waals surface area contributed by atoms with E-state index in [9.17, 15) is 0 Å². The van der Waals surface area contributed by atoms with Gasteiger partial charge in [0.1, 0.15) is 5.75 Å². The second kappa shape index (κ2) is 11.7. The highest BCUT2D eigenvalue weighted by Crippen LogP contribution is 2.18. The molecular weight excluding hydrogens is 433 g/mol. The van der Waals surface area contributed by atoms with E-state index < -0.39 is 0 Å². The Bertz CT molecular complexity index is 660. The fourth-order valence-corrected chi connectivity index (χ4v) is 2.17. The van der Waals surface area contributed by atoms with Gasteiger partial charge in [-0.05, 0) is 26.8 Å². The van der Waals surface area contributed by atoms with Crippen LogP contribution in [0, 0.1) is 6.92 Å². The Morgan fingerprint density at radius 1 is 1.24 bits per heavy atom. The van der Waals surface area contributed by atoms with Crippen molar-refractivity contribution in [2.75, 3.05) is 19.7 Å². The molecule has 0 aliphatic rings. The van der Waals surface area contributed by atoms with E-state index in [2.05, 4.69) is 25.8 Å². The summed E-state index contributed by atoms with van der Waals surface area (Å²) < 4.78 is 10.7. The van der Waals surface area contributed by atoms with E-state index in [-0.39, 0.29) is 24.0 Å². The van der Waals surface area contributed by atoms with E-state index in [4.69, 9.17) is 9.26 Å². The molecule has 0 unspecified atom stereocenters. The second-order valence-corrected chi connectivity index (χ2v) is 5.15. The predicted molar refractivity (Wildman–Crippen MR) is 109 cm³/mol. The number of aromatic nitrogens is 2. The first-order valence-corrected chi connectivity index (χ1v) is 8.25. The lowest BCUT2D eigenvalue weighted by Crippen LogP contribution is -2.38. The molecule has 0 saturated carbocycles. The van der Waals surface area contributed by atoms with Gasteiger partial charge in [-0.15, -0.1) is 24.0 Å².